The minimum Gasteiger partial charge on any atom is -0.426 e. The first-order valence-electron chi connectivity index (χ1n) is 10.7. The molecule has 0 N–H and O–H groups in total. The third kappa shape index (κ3) is 6.42. The molecule has 2 nitrogen and oxygen atoms in total. The number of allylic oxidation sites excluding steroid dienone is 1. The summed E-state index contributed by atoms with van der Waals surface area (Å²) >= 11 is 6.15. The SMILES string of the molecule is C=CCCC1CCC(C(=O)Oc2ccc(C#CC3CCC(Cl)CC3)cc2)CC1. The van der Waals surface area contributed by atoms with E-state index in [1.807, 2.05) is 30.3 Å². The zero-order valence-electron chi connectivity index (χ0n) is 16.7. The third-order valence-electron chi connectivity index (χ3n) is 6.11. The Balaban J connectivity index is 1.45. The van der Waals surface area contributed by atoms with Gasteiger partial charge < -0.3 is 4.74 Å². The number of halogens is 1. The van der Waals surface area contributed by atoms with E-state index < -0.39 is 0 Å². The predicted molar refractivity (Wildman–Crippen MR) is 115 cm³/mol. The van der Waals surface area contributed by atoms with Crippen LogP contribution >= 0.6 is 11.6 Å². The highest BCUT2D eigenvalue weighted by molar-refractivity contribution is 6.20. The van der Waals surface area contributed by atoms with Crippen molar-refractivity contribution in [1.82, 2.24) is 0 Å². The topological polar surface area (TPSA) is 26.3 Å². The van der Waals surface area contributed by atoms with E-state index in [0.717, 1.165) is 69.3 Å². The van der Waals surface area contributed by atoms with E-state index in [1.165, 1.54) is 6.42 Å². The van der Waals surface area contributed by atoms with E-state index in [-0.39, 0.29) is 11.9 Å². The Bertz CT molecular complexity index is 696. The average molecular weight is 399 g/mol. The zero-order chi connectivity index (χ0) is 19.8. The summed E-state index contributed by atoms with van der Waals surface area (Å²) in [5, 5.41) is 0.328. The summed E-state index contributed by atoms with van der Waals surface area (Å²) in [6.45, 7) is 3.79. The molecule has 0 saturated heterocycles. The molecule has 2 aliphatic carbocycles. The van der Waals surface area contributed by atoms with E-state index in [0.29, 0.717) is 17.0 Å². The van der Waals surface area contributed by atoms with Crippen molar-refractivity contribution < 1.29 is 9.53 Å². The van der Waals surface area contributed by atoms with Crippen LogP contribution in [0.3, 0.4) is 0 Å². The van der Waals surface area contributed by atoms with Crippen LogP contribution in [-0.2, 0) is 4.79 Å². The lowest BCUT2D eigenvalue weighted by atomic mass is 9.80. The van der Waals surface area contributed by atoms with Gasteiger partial charge in [0.2, 0.25) is 0 Å². The standard InChI is InChI=1S/C25H31ClO2/c1-2-3-4-19-7-13-22(14-8-19)25(27)28-24-17-11-21(12-18-24)6-5-20-9-15-23(26)16-10-20/h2,11-12,17-20,22-23H,1,3-4,7-10,13-16H2. The quantitative estimate of drug-likeness (QED) is 0.186. The molecule has 0 spiro atoms. The number of benzene rings is 1. The molecule has 3 rings (SSSR count). The van der Waals surface area contributed by atoms with Gasteiger partial charge in [0, 0.05) is 16.9 Å². The van der Waals surface area contributed by atoms with Crippen LogP contribution in [0.25, 0.3) is 0 Å². The first-order valence-corrected chi connectivity index (χ1v) is 11.2. The highest BCUT2D eigenvalue weighted by Gasteiger charge is 2.27. The summed E-state index contributed by atoms with van der Waals surface area (Å²) < 4.78 is 5.61. The number of carbonyl (C=O) groups is 1. The monoisotopic (exact) mass is 398 g/mol. The van der Waals surface area contributed by atoms with Gasteiger partial charge in [-0.3, -0.25) is 4.79 Å². The molecule has 0 unspecified atom stereocenters. The third-order valence-corrected chi connectivity index (χ3v) is 6.55. The summed E-state index contributed by atoms with van der Waals surface area (Å²) in [4.78, 5) is 12.5. The number of alkyl halides is 1. The molecular weight excluding hydrogens is 368 g/mol. The minimum atomic E-state index is -0.0844. The van der Waals surface area contributed by atoms with Crippen molar-refractivity contribution in [2.24, 2.45) is 17.8 Å². The maximum absolute atomic E-state index is 12.5. The largest absolute Gasteiger partial charge is 0.426 e. The Morgan fingerprint density at radius 2 is 1.75 bits per heavy atom. The molecule has 1 aromatic rings. The molecule has 0 radical (unpaired) electrons. The lowest BCUT2D eigenvalue weighted by molar-refractivity contribution is -0.140. The summed E-state index contributed by atoms with van der Waals surface area (Å²) in [5.41, 5.74) is 0.968. The molecule has 0 heterocycles. The summed E-state index contributed by atoms with van der Waals surface area (Å²) in [6, 6.07) is 7.59. The molecular formula is C25H31ClO2. The fourth-order valence-electron chi connectivity index (χ4n) is 4.23. The molecule has 3 heteroatoms. The fourth-order valence-corrected chi connectivity index (χ4v) is 4.48. The molecule has 2 saturated carbocycles. The van der Waals surface area contributed by atoms with Crippen molar-refractivity contribution >= 4 is 17.6 Å². The van der Waals surface area contributed by atoms with Crippen LogP contribution in [-0.4, -0.2) is 11.3 Å². The molecule has 2 fully saturated rings. The van der Waals surface area contributed by atoms with Gasteiger partial charge in [-0.1, -0.05) is 17.9 Å². The van der Waals surface area contributed by atoms with Crippen molar-refractivity contribution in [1.29, 1.82) is 0 Å². The maximum atomic E-state index is 12.5. The van der Waals surface area contributed by atoms with E-state index in [4.69, 9.17) is 16.3 Å². The second-order valence-electron chi connectivity index (χ2n) is 8.25. The van der Waals surface area contributed by atoms with E-state index in [1.54, 1.807) is 0 Å². The number of hydrogen-bond donors (Lipinski definition) is 0. The zero-order valence-corrected chi connectivity index (χ0v) is 17.4. The number of esters is 1. The van der Waals surface area contributed by atoms with Crippen molar-refractivity contribution in [3.05, 3.63) is 42.5 Å². The average Bonchev–Trinajstić information content (AvgIpc) is 2.73. The van der Waals surface area contributed by atoms with Crippen molar-refractivity contribution in [2.75, 3.05) is 0 Å². The van der Waals surface area contributed by atoms with Crippen LogP contribution in [0.4, 0.5) is 0 Å². The Kier molecular flexibility index (Phi) is 8.04. The smallest absolute Gasteiger partial charge is 0.314 e. The van der Waals surface area contributed by atoms with Gasteiger partial charge in [0.1, 0.15) is 5.75 Å². The fraction of sp³-hybridized carbons (Fsp3) is 0.560. The van der Waals surface area contributed by atoms with Crippen LogP contribution in [0.1, 0.15) is 69.8 Å². The van der Waals surface area contributed by atoms with Gasteiger partial charge >= 0.3 is 5.97 Å². The van der Waals surface area contributed by atoms with Crippen LogP contribution < -0.4 is 4.74 Å². The molecule has 2 aliphatic rings. The lowest BCUT2D eigenvalue weighted by Crippen LogP contribution is -2.25. The lowest BCUT2D eigenvalue weighted by Gasteiger charge is -2.26. The molecule has 0 bridgehead atoms. The molecule has 1 aromatic carbocycles. The molecule has 0 aromatic heterocycles. The molecule has 0 amide bonds. The van der Waals surface area contributed by atoms with E-state index in [9.17, 15) is 4.79 Å². The number of carbonyl (C=O) groups excluding carboxylic acids is 1. The maximum Gasteiger partial charge on any atom is 0.314 e. The van der Waals surface area contributed by atoms with Crippen LogP contribution in [0.5, 0.6) is 5.75 Å². The summed E-state index contributed by atoms with van der Waals surface area (Å²) in [7, 11) is 0. The van der Waals surface area contributed by atoms with Crippen molar-refractivity contribution in [3.8, 4) is 17.6 Å². The highest BCUT2D eigenvalue weighted by Crippen LogP contribution is 2.32. The van der Waals surface area contributed by atoms with Gasteiger partial charge in [-0.2, -0.15) is 0 Å². The minimum absolute atomic E-state index is 0.0384. The molecule has 0 aliphatic heterocycles. The van der Waals surface area contributed by atoms with Gasteiger partial charge in [-0.15, -0.1) is 18.2 Å². The normalized spacial score (nSPS) is 27.3. The van der Waals surface area contributed by atoms with Crippen LogP contribution in [0.15, 0.2) is 36.9 Å². The van der Waals surface area contributed by atoms with Crippen LogP contribution in [0, 0.1) is 29.6 Å². The Labute approximate surface area is 174 Å². The van der Waals surface area contributed by atoms with E-state index in [2.05, 4.69) is 18.4 Å². The van der Waals surface area contributed by atoms with Gasteiger partial charge in [0.25, 0.3) is 0 Å². The van der Waals surface area contributed by atoms with E-state index >= 15 is 0 Å². The second-order valence-corrected chi connectivity index (χ2v) is 8.86. The Morgan fingerprint density at radius 1 is 1.07 bits per heavy atom. The van der Waals surface area contributed by atoms with Crippen LogP contribution in [0.2, 0.25) is 0 Å². The van der Waals surface area contributed by atoms with Gasteiger partial charge in [0.15, 0.2) is 0 Å². The number of rotatable bonds is 5. The molecule has 0 atom stereocenters. The first kappa shape index (κ1) is 21.0. The molecule has 150 valence electrons. The van der Waals surface area contributed by atoms with Gasteiger partial charge in [0.05, 0.1) is 5.92 Å². The first-order chi connectivity index (χ1) is 13.6. The van der Waals surface area contributed by atoms with Crippen molar-refractivity contribution in [3.63, 3.8) is 0 Å². The van der Waals surface area contributed by atoms with Crippen molar-refractivity contribution in [2.45, 2.75) is 69.6 Å². The van der Waals surface area contributed by atoms with Gasteiger partial charge in [-0.25, -0.2) is 0 Å². The van der Waals surface area contributed by atoms with Gasteiger partial charge in [-0.05, 0) is 94.4 Å². The highest BCUT2D eigenvalue weighted by atomic mass is 35.5. The number of hydrogen-bond acceptors (Lipinski definition) is 2. The summed E-state index contributed by atoms with van der Waals surface area (Å²) in [5.74, 6) is 8.38. The Hall–Kier alpha value is -1.72. The predicted octanol–water partition coefficient (Wildman–Crippen LogP) is 6.51. The Morgan fingerprint density at radius 3 is 2.39 bits per heavy atom. The molecule has 28 heavy (non-hydrogen) atoms. The second kappa shape index (κ2) is 10.7. The number of ether oxygens (including phenoxy) is 1. The summed E-state index contributed by atoms with van der Waals surface area (Å²) in [6.07, 6.45) is 12.7.